The van der Waals surface area contributed by atoms with Crippen LogP contribution in [0.25, 0.3) is 0 Å². The summed E-state index contributed by atoms with van der Waals surface area (Å²) in [6.07, 6.45) is -0.652. The predicted octanol–water partition coefficient (Wildman–Crippen LogP) is 4.32. The number of alkyl halides is 2. The van der Waals surface area contributed by atoms with E-state index >= 15 is 0 Å². The second-order valence-corrected chi connectivity index (χ2v) is 6.99. The molecule has 10 heteroatoms. The molecule has 1 aromatic heterocycles. The Hall–Kier alpha value is -4.08. The second-order valence-electron chi connectivity index (χ2n) is 6.99. The molecule has 1 aliphatic heterocycles. The number of anilines is 3. The number of nitrogens with zero attached hydrogens (tertiary/aromatic N) is 4. The van der Waals surface area contributed by atoms with Gasteiger partial charge in [-0.3, -0.25) is 9.69 Å². The lowest BCUT2D eigenvalue weighted by Gasteiger charge is -2.19. The third kappa shape index (κ3) is 4.07. The number of ether oxygens (including phenoxy) is 1. The summed E-state index contributed by atoms with van der Waals surface area (Å²) in [7, 11) is 0. The summed E-state index contributed by atoms with van der Waals surface area (Å²) in [5.41, 5.74) is 6.69. The number of rotatable bonds is 6. The van der Waals surface area contributed by atoms with Crippen LogP contribution in [0.2, 0.25) is 0 Å². The maximum atomic E-state index is 13.0. The van der Waals surface area contributed by atoms with Crippen LogP contribution in [0.1, 0.15) is 24.5 Å². The quantitative estimate of drug-likeness (QED) is 0.574. The average molecular weight is 439 g/mol. The van der Waals surface area contributed by atoms with E-state index in [1.807, 2.05) is 6.92 Å². The van der Waals surface area contributed by atoms with Crippen molar-refractivity contribution in [1.82, 2.24) is 9.97 Å². The number of benzene rings is 2. The monoisotopic (exact) mass is 439 g/mol. The molecule has 3 amide bonds. The van der Waals surface area contributed by atoms with Crippen LogP contribution < -0.4 is 20.3 Å². The Bertz CT molecular complexity index is 1190. The van der Waals surface area contributed by atoms with Crippen molar-refractivity contribution in [3.8, 4) is 11.6 Å². The lowest BCUT2D eigenvalue weighted by molar-refractivity contribution is -0.115. The normalized spacial score (nSPS) is 13.9. The molecule has 0 aliphatic carbocycles. The van der Waals surface area contributed by atoms with E-state index in [-0.39, 0.29) is 29.6 Å². The summed E-state index contributed by atoms with van der Waals surface area (Å²) in [6.45, 7) is 1.65. The Balaban J connectivity index is 1.61. The molecule has 1 aliphatic rings. The van der Waals surface area contributed by atoms with Gasteiger partial charge in [-0.05, 0) is 42.3 Å². The molecule has 2 heterocycles. The number of urea groups is 1. The van der Waals surface area contributed by atoms with E-state index in [4.69, 9.17) is 10.5 Å². The molecule has 0 bridgehead atoms. The van der Waals surface area contributed by atoms with Crippen LogP contribution in [0.5, 0.6) is 11.6 Å². The van der Waals surface area contributed by atoms with Crippen molar-refractivity contribution in [3.63, 3.8) is 0 Å². The average Bonchev–Trinajstić information content (AvgIpc) is 3.08. The van der Waals surface area contributed by atoms with Crippen molar-refractivity contribution in [2.24, 2.45) is 0 Å². The van der Waals surface area contributed by atoms with Crippen LogP contribution in [0.3, 0.4) is 0 Å². The number of carbonyl (C=O) groups is 2. The van der Waals surface area contributed by atoms with Crippen LogP contribution >= 0.6 is 0 Å². The molecule has 1 fully saturated rings. The molecule has 0 spiro atoms. The Morgan fingerprint density at radius 2 is 1.94 bits per heavy atom. The van der Waals surface area contributed by atoms with Crippen molar-refractivity contribution in [1.29, 1.82) is 0 Å². The number of hydrogen-bond acceptors (Lipinski definition) is 6. The molecule has 3 aromatic rings. The number of aryl methyl sites for hydroxylation is 1. The third-order valence-electron chi connectivity index (χ3n) is 4.95. The molecule has 32 heavy (non-hydrogen) atoms. The van der Waals surface area contributed by atoms with Gasteiger partial charge in [0.25, 0.3) is 12.3 Å². The minimum absolute atomic E-state index is 0.0708. The van der Waals surface area contributed by atoms with E-state index in [9.17, 15) is 18.4 Å². The molecule has 164 valence electrons. The molecular formula is C22H19F2N5O3. The number of hydrogen-bond donors (Lipinski definition) is 1. The minimum atomic E-state index is -2.68. The van der Waals surface area contributed by atoms with Gasteiger partial charge in [-0.25, -0.2) is 23.5 Å². The first kappa shape index (κ1) is 21.2. The van der Waals surface area contributed by atoms with Crippen LogP contribution in [-0.2, 0) is 11.2 Å². The number of carbonyl (C=O) groups excluding carboxylic acids is 2. The highest BCUT2D eigenvalue weighted by atomic mass is 19.3. The molecule has 1 saturated heterocycles. The molecule has 0 saturated carbocycles. The SMILES string of the molecule is CCc1cc(N2C(=O)CN(c3cccc(C(F)F)c3)C2=O)ccc1Oc1ccnc(N)n1. The van der Waals surface area contributed by atoms with Gasteiger partial charge in [-0.2, -0.15) is 4.98 Å². The summed E-state index contributed by atoms with van der Waals surface area (Å²) in [5.74, 6) is 0.367. The second kappa shape index (κ2) is 8.58. The van der Waals surface area contributed by atoms with E-state index in [1.54, 1.807) is 24.3 Å². The lowest BCUT2D eigenvalue weighted by Crippen LogP contribution is -2.33. The first-order valence-corrected chi connectivity index (χ1v) is 9.79. The first-order valence-electron chi connectivity index (χ1n) is 9.79. The predicted molar refractivity (Wildman–Crippen MR) is 114 cm³/mol. The summed E-state index contributed by atoms with van der Waals surface area (Å²) in [4.78, 5) is 35.7. The van der Waals surface area contributed by atoms with Gasteiger partial charge < -0.3 is 10.5 Å². The standard InChI is InChI=1S/C22H19F2N5O3/c1-2-13-10-16(6-7-17(13)32-18-8-9-26-21(25)27-18)29-19(30)12-28(22(29)31)15-5-3-4-14(11-15)20(23)24/h3-11,20H,2,12H2,1H3,(H2,25,26,27). The van der Waals surface area contributed by atoms with E-state index in [2.05, 4.69) is 9.97 Å². The summed E-state index contributed by atoms with van der Waals surface area (Å²) >= 11 is 0. The Morgan fingerprint density at radius 1 is 1.12 bits per heavy atom. The van der Waals surface area contributed by atoms with E-state index in [1.165, 1.54) is 35.4 Å². The lowest BCUT2D eigenvalue weighted by atomic mass is 10.1. The largest absolute Gasteiger partial charge is 0.439 e. The van der Waals surface area contributed by atoms with Crippen molar-refractivity contribution in [2.45, 2.75) is 19.8 Å². The molecule has 8 nitrogen and oxygen atoms in total. The zero-order valence-corrected chi connectivity index (χ0v) is 17.0. The molecule has 2 N–H and O–H groups in total. The molecule has 0 unspecified atom stereocenters. The number of aromatic nitrogens is 2. The van der Waals surface area contributed by atoms with Gasteiger partial charge in [0.1, 0.15) is 12.3 Å². The fraction of sp³-hybridized carbons (Fsp3) is 0.182. The molecule has 4 rings (SSSR count). The number of nitrogens with two attached hydrogens (primary N) is 1. The van der Waals surface area contributed by atoms with Gasteiger partial charge >= 0.3 is 6.03 Å². The molecular weight excluding hydrogens is 420 g/mol. The van der Waals surface area contributed by atoms with Crippen molar-refractivity contribution in [2.75, 3.05) is 22.1 Å². The third-order valence-corrected chi connectivity index (χ3v) is 4.95. The fourth-order valence-electron chi connectivity index (χ4n) is 3.39. The topological polar surface area (TPSA) is 102 Å². The van der Waals surface area contributed by atoms with Gasteiger partial charge in [0.05, 0.1) is 5.69 Å². The van der Waals surface area contributed by atoms with E-state index in [0.29, 0.717) is 17.9 Å². The van der Waals surface area contributed by atoms with Crippen LogP contribution in [-0.4, -0.2) is 28.5 Å². The zero-order valence-electron chi connectivity index (χ0n) is 17.0. The summed E-state index contributed by atoms with van der Waals surface area (Å²) < 4.78 is 31.9. The van der Waals surface area contributed by atoms with Gasteiger partial charge in [0.2, 0.25) is 11.8 Å². The Labute approximate surface area is 182 Å². The fourth-order valence-corrected chi connectivity index (χ4v) is 3.39. The number of nitrogen functional groups attached to an aromatic ring is 1. The van der Waals surface area contributed by atoms with Crippen LogP contribution in [0.4, 0.5) is 30.9 Å². The zero-order chi connectivity index (χ0) is 22.8. The number of halogens is 2. The Morgan fingerprint density at radius 3 is 2.66 bits per heavy atom. The van der Waals surface area contributed by atoms with Gasteiger partial charge in [0.15, 0.2) is 0 Å². The highest BCUT2D eigenvalue weighted by Gasteiger charge is 2.38. The van der Waals surface area contributed by atoms with Gasteiger partial charge in [-0.1, -0.05) is 19.1 Å². The first-order chi connectivity index (χ1) is 15.4. The number of amides is 3. The minimum Gasteiger partial charge on any atom is -0.439 e. The molecule has 2 aromatic carbocycles. The van der Waals surface area contributed by atoms with Crippen LogP contribution in [0.15, 0.2) is 54.7 Å². The molecule has 0 atom stereocenters. The maximum absolute atomic E-state index is 13.0. The summed E-state index contributed by atoms with van der Waals surface area (Å²) in [5, 5.41) is 0. The smallest absolute Gasteiger partial charge is 0.336 e. The van der Waals surface area contributed by atoms with Gasteiger partial charge in [0, 0.05) is 23.5 Å². The Kier molecular flexibility index (Phi) is 5.67. The van der Waals surface area contributed by atoms with Crippen molar-refractivity contribution >= 4 is 29.3 Å². The molecule has 0 radical (unpaired) electrons. The maximum Gasteiger partial charge on any atom is 0.336 e. The van der Waals surface area contributed by atoms with E-state index in [0.717, 1.165) is 10.5 Å². The van der Waals surface area contributed by atoms with Crippen molar-refractivity contribution < 1.29 is 23.1 Å². The van der Waals surface area contributed by atoms with Gasteiger partial charge in [-0.15, -0.1) is 0 Å². The highest BCUT2D eigenvalue weighted by Crippen LogP contribution is 2.33. The van der Waals surface area contributed by atoms with E-state index < -0.39 is 18.4 Å². The van der Waals surface area contributed by atoms with Crippen molar-refractivity contribution in [3.05, 3.63) is 65.9 Å². The van der Waals surface area contributed by atoms with Crippen LogP contribution in [0, 0.1) is 0 Å². The summed E-state index contributed by atoms with van der Waals surface area (Å²) in [6, 6.07) is 11.3. The number of imide groups is 1. The highest BCUT2D eigenvalue weighted by molar-refractivity contribution is 6.27.